The lowest BCUT2D eigenvalue weighted by Crippen LogP contribution is -2.45. The van der Waals surface area contributed by atoms with E-state index in [1.165, 1.54) is 13.0 Å². The van der Waals surface area contributed by atoms with Crippen LogP contribution in [0, 0.1) is 12.7 Å². The summed E-state index contributed by atoms with van der Waals surface area (Å²) in [6.45, 7) is 4.55. The Labute approximate surface area is 173 Å². The number of anilines is 1. The Morgan fingerprint density at radius 2 is 1.90 bits per heavy atom. The first-order valence-electron chi connectivity index (χ1n) is 9.19. The standard InChI is InChI=1S/C21H20FN3O3.ClH/c1-11-3-5-15-16(9-11)21(28)25(20(15)27)12(2)19(26)24-17-6-4-13-10-23-8-7-14(13)18(17)22;/h3-6,9,12,23H,7-8,10H2,1-2H3,(H,24,26);1H. The molecule has 0 aromatic heterocycles. The van der Waals surface area contributed by atoms with Crippen molar-refractivity contribution in [1.29, 1.82) is 0 Å². The summed E-state index contributed by atoms with van der Waals surface area (Å²) in [5.41, 5.74) is 2.93. The van der Waals surface area contributed by atoms with Gasteiger partial charge in [-0.25, -0.2) is 4.39 Å². The third-order valence-corrected chi connectivity index (χ3v) is 5.31. The van der Waals surface area contributed by atoms with Crippen LogP contribution in [-0.4, -0.2) is 35.2 Å². The molecular weight excluding hydrogens is 397 g/mol. The van der Waals surface area contributed by atoms with E-state index >= 15 is 0 Å². The van der Waals surface area contributed by atoms with Gasteiger partial charge >= 0.3 is 0 Å². The summed E-state index contributed by atoms with van der Waals surface area (Å²) in [7, 11) is 0. The maximum Gasteiger partial charge on any atom is 0.262 e. The maximum absolute atomic E-state index is 14.8. The number of nitrogens with zero attached hydrogens (tertiary/aromatic N) is 1. The fourth-order valence-corrected chi connectivity index (χ4v) is 3.71. The number of hydrogen-bond acceptors (Lipinski definition) is 4. The molecule has 1 atom stereocenters. The van der Waals surface area contributed by atoms with Gasteiger partial charge in [-0.3, -0.25) is 19.3 Å². The number of halogens is 2. The van der Waals surface area contributed by atoms with Crippen molar-refractivity contribution in [2.75, 3.05) is 11.9 Å². The number of nitrogens with one attached hydrogen (secondary N) is 2. The average Bonchev–Trinajstić information content (AvgIpc) is 2.93. The molecule has 29 heavy (non-hydrogen) atoms. The number of imide groups is 1. The second-order valence-corrected chi connectivity index (χ2v) is 7.19. The van der Waals surface area contributed by atoms with Gasteiger partial charge in [0.15, 0.2) is 0 Å². The summed E-state index contributed by atoms with van der Waals surface area (Å²) in [6, 6.07) is 7.19. The van der Waals surface area contributed by atoms with Crippen molar-refractivity contribution in [1.82, 2.24) is 10.2 Å². The highest BCUT2D eigenvalue weighted by Gasteiger charge is 2.41. The third kappa shape index (κ3) is 3.52. The molecule has 2 aromatic rings. The van der Waals surface area contributed by atoms with Crippen molar-refractivity contribution >= 4 is 35.8 Å². The Kier molecular flexibility index (Phi) is 5.73. The van der Waals surface area contributed by atoms with E-state index in [1.54, 1.807) is 24.3 Å². The van der Waals surface area contributed by atoms with Crippen LogP contribution in [0.2, 0.25) is 0 Å². The van der Waals surface area contributed by atoms with E-state index in [9.17, 15) is 18.8 Å². The van der Waals surface area contributed by atoms with E-state index in [-0.39, 0.29) is 29.2 Å². The molecule has 3 amide bonds. The molecule has 6 nitrogen and oxygen atoms in total. The monoisotopic (exact) mass is 417 g/mol. The molecule has 0 aliphatic carbocycles. The van der Waals surface area contributed by atoms with Crippen molar-refractivity contribution in [3.63, 3.8) is 0 Å². The number of benzene rings is 2. The molecule has 0 bridgehead atoms. The first kappa shape index (κ1) is 21.0. The van der Waals surface area contributed by atoms with Crippen LogP contribution in [0.5, 0.6) is 0 Å². The molecule has 2 heterocycles. The second-order valence-electron chi connectivity index (χ2n) is 7.19. The van der Waals surface area contributed by atoms with Gasteiger partial charge < -0.3 is 10.6 Å². The van der Waals surface area contributed by atoms with Gasteiger partial charge in [0, 0.05) is 6.54 Å². The minimum atomic E-state index is -1.06. The Morgan fingerprint density at radius 1 is 1.17 bits per heavy atom. The number of amides is 3. The van der Waals surface area contributed by atoms with Gasteiger partial charge in [0.05, 0.1) is 16.8 Å². The van der Waals surface area contributed by atoms with Crippen molar-refractivity contribution in [2.45, 2.75) is 32.9 Å². The van der Waals surface area contributed by atoms with Crippen LogP contribution in [0.25, 0.3) is 0 Å². The van der Waals surface area contributed by atoms with Crippen LogP contribution in [0.15, 0.2) is 30.3 Å². The predicted octanol–water partition coefficient (Wildman–Crippen LogP) is 2.82. The van der Waals surface area contributed by atoms with Crippen LogP contribution in [-0.2, 0) is 17.8 Å². The largest absolute Gasteiger partial charge is 0.322 e. The Morgan fingerprint density at radius 3 is 2.66 bits per heavy atom. The molecule has 0 spiro atoms. The summed E-state index contributed by atoms with van der Waals surface area (Å²) in [6.07, 6.45) is 0.540. The second kappa shape index (κ2) is 7.93. The fourth-order valence-electron chi connectivity index (χ4n) is 3.71. The minimum absolute atomic E-state index is 0. The normalized spacial score (nSPS) is 16.0. The SMILES string of the molecule is Cc1ccc2c(c1)C(=O)N(C(C)C(=O)Nc1ccc3c(c1F)CCNC3)C2=O.Cl. The molecule has 0 saturated heterocycles. The number of hydrogen-bond donors (Lipinski definition) is 2. The molecule has 2 aromatic carbocycles. The number of carbonyl (C=O) groups excluding carboxylic acids is 3. The van der Waals surface area contributed by atoms with Crippen molar-refractivity contribution in [3.8, 4) is 0 Å². The average molecular weight is 418 g/mol. The van der Waals surface area contributed by atoms with E-state index in [0.717, 1.165) is 16.0 Å². The van der Waals surface area contributed by atoms with Crippen LogP contribution in [0.1, 0.15) is 44.3 Å². The zero-order valence-electron chi connectivity index (χ0n) is 16.0. The van der Waals surface area contributed by atoms with Gasteiger partial charge in [-0.05, 0) is 56.1 Å². The van der Waals surface area contributed by atoms with Gasteiger partial charge in [0.2, 0.25) is 5.91 Å². The Balaban J connectivity index is 0.00000240. The van der Waals surface area contributed by atoms with Gasteiger partial charge in [0.1, 0.15) is 11.9 Å². The zero-order valence-corrected chi connectivity index (χ0v) is 16.9. The highest BCUT2D eigenvalue weighted by Crippen LogP contribution is 2.28. The van der Waals surface area contributed by atoms with Crippen LogP contribution < -0.4 is 10.6 Å². The van der Waals surface area contributed by atoms with E-state index in [2.05, 4.69) is 10.6 Å². The lowest BCUT2D eigenvalue weighted by molar-refractivity contribution is -0.119. The predicted molar refractivity (Wildman–Crippen MR) is 109 cm³/mol. The van der Waals surface area contributed by atoms with Gasteiger partial charge in [-0.2, -0.15) is 0 Å². The highest BCUT2D eigenvalue weighted by atomic mass is 35.5. The van der Waals surface area contributed by atoms with Crippen molar-refractivity contribution in [3.05, 3.63) is 64.0 Å². The summed E-state index contributed by atoms with van der Waals surface area (Å²) in [5, 5.41) is 5.71. The molecular formula is C21H21ClFN3O3. The zero-order chi connectivity index (χ0) is 20.0. The lowest BCUT2D eigenvalue weighted by Gasteiger charge is -2.23. The number of aryl methyl sites for hydroxylation is 1. The quantitative estimate of drug-likeness (QED) is 0.753. The summed E-state index contributed by atoms with van der Waals surface area (Å²) in [4.78, 5) is 38.9. The topological polar surface area (TPSA) is 78.5 Å². The van der Waals surface area contributed by atoms with E-state index in [4.69, 9.17) is 0 Å². The van der Waals surface area contributed by atoms with Gasteiger partial charge in [-0.15, -0.1) is 12.4 Å². The van der Waals surface area contributed by atoms with E-state index in [1.807, 2.05) is 6.92 Å². The van der Waals surface area contributed by atoms with Gasteiger partial charge in [0.25, 0.3) is 11.8 Å². The van der Waals surface area contributed by atoms with Crippen LogP contribution >= 0.6 is 12.4 Å². The molecule has 0 saturated carbocycles. The number of rotatable bonds is 3. The van der Waals surface area contributed by atoms with E-state index in [0.29, 0.717) is 25.1 Å². The van der Waals surface area contributed by atoms with Gasteiger partial charge in [-0.1, -0.05) is 17.7 Å². The molecule has 0 radical (unpaired) electrons. The highest BCUT2D eigenvalue weighted by molar-refractivity contribution is 6.23. The third-order valence-electron chi connectivity index (χ3n) is 5.31. The molecule has 0 fully saturated rings. The molecule has 4 rings (SSSR count). The number of fused-ring (bicyclic) bond motifs is 2. The molecule has 8 heteroatoms. The first-order valence-corrected chi connectivity index (χ1v) is 9.19. The van der Waals surface area contributed by atoms with Crippen LogP contribution in [0.4, 0.5) is 10.1 Å². The molecule has 2 aliphatic heterocycles. The molecule has 2 N–H and O–H groups in total. The molecule has 1 unspecified atom stereocenters. The Hall–Kier alpha value is -2.77. The summed E-state index contributed by atoms with van der Waals surface area (Å²) >= 11 is 0. The van der Waals surface area contributed by atoms with Crippen molar-refractivity contribution in [2.24, 2.45) is 0 Å². The smallest absolute Gasteiger partial charge is 0.262 e. The Bertz CT molecular complexity index is 1020. The van der Waals surface area contributed by atoms with E-state index < -0.39 is 29.6 Å². The summed E-state index contributed by atoms with van der Waals surface area (Å²) < 4.78 is 14.8. The number of carbonyl (C=O) groups is 3. The van der Waals surface area contributed by atoms with Crippen molar-refractivity contribution < 1.29 is 18.8 Å². The first-order chi connectivity index (χ1) is 13.4. The molecule has 152 valence electrons. The molecule has 2 aliphatic rings. The lowest BCUT2D eigenvalue weighted by atomic mass is 9.99. The minimum Gasteiger partial charge on any atom is -0.322 e. The maximum atomic E-state index is 14.8. The van der Waals surface area contributed by atoms with Crippen LogP contribution in [0.3, 0.4) is 0 Å². The summed E-state index contributed by atoms with van der Waals surface area (Å²) in [5.74, 6) is -2.10. The fraction of sp³-hybridized carbons (Fsp3) is 0.286.